The maximum atomic E-state index is 14.5. The summed E-state index contributed by atoms with van der Waals surface area (Å²) in [5.41, 5.74) is 6.45. The van der Waals surface area contributed by atoms with E-state index in [0.717, 1.165) is 0 Å². The third-order valence-corrected chi connectivity index (χ3v) is 7.68. The Morgan fingerprint density at radius 2 is 1.85 bits per heavy atom. The lowest BCUT2D eigenvalue weighted by molar-refractivity contribution is -0.198. The van der Waals surface area contributed by atoms with Crippen LogP contribution in [0.2, 0.25) is 5.02 Å². The number of hydrogen-bond acceptors (Lipinski definition) is 7. The third-order valence-electron chi connectivity index (χ3n) is 7.44. The minimum absolute atomic E-state index is 0.142. The SMILES string of the molecule is Nc1nc(O[C@@H](c2ccc(Cl)cc2-c2ccccc2)C(F)(F)F)cc(C2NC(C(=O)O)CC23CCNCC3)n1. The number of aliphatic carboxylic acids is 1. The van der Waals surface area contributed by atoms with Gasteiger partial charge in [-0.15, -0.1) is 0 Å². The Morgan fingerprint density at radius 3 is 2.51 bits per heavy atom. The number of nitrogen functional groups attached to an aromatic ring is 1. The quantitative estimate of drug-likeness (QED) is 0.334. The molecular weight excluding hydrogens is 535 g/mol. The molecule has 1 spiro atoms. The summed E-state index contributed by atoms with van der Waals surface area (Å²) >= 11 is 6.15. The molecule has 2 aliphatic heterocycles. The number of anilines is 1. The van der Waals surface area contributed by atoms with Crippen molar-refractivity contribution in [3.05, 3.63) is 70.9 Å². The van der Waals surface area contributed by atoms with Crippen LogP contribution in [0.5, 0.6) is 5.88 Å². The van der Waals surface area contributed by atoms with Gasteiger partial charge in [0.15, 0.2) is 0 Å². The van der Waals surface area contributed by atoms with Crippen LogP contribution in [-0.4, -0.2) is 46.4 Å². The zero-order valence-electron chi connectivity index (χ0n) is 20.7. The zero-order valence-corrected chi connectivity index (χ0v) is 21.5. The second-order valence-corrected chi connectivity index (χ2v) is 10.4. The van der Waals surface area contributed by atoms with E-state index in [2.05, 4.69) is 20.6 Å². The molecule has 2 aromatic carbocycles. The molecule has 0 radical (unpaired) electrons. The van der Waals surface area contributed by atoms with Crippen LogP contribution >= 0.6 is 11.6 Å². The van der Waals surface area contributed by atoms with Crippen LogP contribution in [0.1, 0.15) is 42.7 Å². The predicted octanol–water partition coefficient (Wildman–Crippen LogP) is 4.92. The highest BCUT2D eigenvalue weighted by Crippen LogP contribution is 2.50. The molecular formula is C27H27ClF3N5O3. The second-order valence-electron chi connectivity index (χ2n) is 9.93. The highest BCUT2D eigenvalue weighted by Gasteiger charge is 2.51. The summed E-state index contributed by atoms with van der Waals surface area (Å²) in [5.74, 6) is -1.63. The van der Waals surface area contributed by atoms with E-state index in [0.29, 0.717) is 43.6 Å². The first-order chi connectivity index (χ1) is 18.6. The second kappa shape index (κ2) is 10.6. The first-order valence-electron chi connectivity index (χ1n) is 12.5. The Balaban J connectivity index is 1.54. The standard InChI is InChI=1S/C27H27ClF3N5O3/c28-16-6-7-17(18(12-16)15-4-2-1-3-5-15)23(27(29,30)31)39-21-13-19(35-25(32)36-21)22-26(8-10-33-11-9-26)14-20(34-22)24(37)38/h1-7,12-13,20,22-23,33-34H,8-11,14H2,(H,37,38)(H2,32,35,36)/t20?,22?,23-/m0/s1. The van der Waals surface area contributed by atoms with Gasteiger partial charge in [-0.2, -0.15) is 18.2 Å². The molecule has 5 rings (SSSR count). The minimum Gasteiger partial charge on any atom is -0.480 e. The van der Waals surface area contributed by atoms with Crippen molar-refractivity contribution in [3.8, 4) is 17.0 Å². The number of benzene rings is 2. The molecule has 206 valence electrons. The number of nitrogens with one attached hydrogen (secondary N) is 2. The normalized spacial score (nSPS) is 21.5. The minimum atomic E-state index is -4.81. The van der Waals surface area contributed by atoms with Gasteiger partial charge in [0, 0.05) is 16.7 Å². The lowest BCUT2D eigenvalue weighted by Gasteiger charge is -2.38. The van der Waals surface area contributed by atoms with Gasteiger partial charge in [0.1, 0.15) is 6.04 Å². The highest BCUT2D eigenvalue weighted by atomic mass is 35.5. The maximum Gasteiger partial charge on any atom is 0.429 e. The molecule has 2 unspecified atom stereocenters. The molecule has 8 nitrogen and oxygen atoms in total. The summed E-state index contributed by atoms with van der Waals surface area (Å²) in [7, 11) is 0. The van der Waals surface area contributed by atoms with Crippen LogP contribution < -0.4 is 21.1 Å². The van der Waals surface area contributed by atoms with Crippen molar-refractivity contribution >= 4 is 23.5 Å². The number of nitrogens with zero attached hydrogens (tertiary/aromatic N) is 2. The van der Waals surface area contributed by atoms with Crippen LogP contribution in [0.4, 0.5) is 19.1 Å². The number of carbonyl (C=O) groups is 1. The monoisotopic (exact) mass is 561 g/mol. The molecule has 3 aromatic rings. The number of aromatic nitrogens is 2. The fourth-order valence-electron chi connectivity index (χ4n) is 5.66. The topological polar surface area (TPSA) is 122 Å². The van der Waals surface area contributed by atoms with E-state index in [1.165, 1.54) is 24.3 Å². The van der Waals surface area contributed by atoms with Crippen LogP contribution in [-0.2, 0) is 4.79 Å². The highest BCUT2D eigenvalue weighted by molar-refractivity contribution is 6.30. The van der Waals surface area contributed by atoms with Gasteiger partial charge in [0.2, 0.25) is 17.9 Å². The largest absolute Gasteiger partial charge is 0.480 e. The van der Waals surface area contributed by atoms with Crippen molar-refractivity contribution in [3.63, 3.8) is 0 Å². The fourth-order valence-corrected chi connectivity index (χ4v) is 5.83. The van der Waals surface area contributed by atoms with E-state index in [1.54, 1.807) is 30.3 Å². The lowest BCUT2D eigenvalue weighted by Crippen LogP contribution is -2.40. The van der Waals surface area contributed by atoms with Crippen molar-refractivity contribution in [1.82, 2.24) is 20.6 Å². The molecule has 1 aromatic heterocycles. The zero-order chi connectivity index (χ0) is 27.8. The average molecular weight is 562 g/mol. The van der Waals surface area contributed by atoms with Gasteiger partial charge >= 0.3 is 12.1 Å². The number of carboxylic acids is 1. The molecule has 0 amide bonds. The summed E-state index contributed by atoms with van der Waals surface area (Å²) in [6, 6.07) is 12.6. The lowest BCUT2D eigenvalue weighted by atomic mass is 9.71. The number of nitrogens with two attached hydrogens (primary N) is 1. The van der Waals surface area contributed by atoms with E-state index >= 15 is 0 Å². The Morgan fingerprint density at radius 1 is 1.13 bits per heavy atom. The molecule has 0 saturated carbocycles. The fraction of sp³-hybridized carbons (Fsp3) is 0.370. The molecule has 2 aliphatic rings. The smallest absolute Gasteiger partial charge is 0.429 e. The Labute approximate surface area is 227 Å². The van der Waals surface area contributed by atoms with Gasteiger partial charge in [0.25, 0.3) is 0 Å². The predicted molar refractivity (Wildman–Crippen MR) is 139 cm³/mol. The molecule has 2 fully saturated rings. The molecule has 3 atom stereocenters. The number of rotatable bonds is 6. The van der Waals surface area contributed by atoms with Crippen molar-refractivity contribution in [2.24, 2.45) is 5.41 Å². The van der Waals surface area contributed by atoms with E-state index in [4.69, 9.17) is 22.1 Å². The van der Waals surface area contributed by atoms with Crippen LogP contribution in [0.25, 0.3) is 11.1 Å². The molecule has 5 N–H and O–H groups in total. The van der Waals surface area contributed by atoms with Gasteiger partial charge in [0.05, 0.1) is 11.7 Å². The number of piperidine rings is 1. The number of alkyl halides is 3. The van der Waals surface area contributed by atoms with Crippen molar-refractivity contribution < 1.29 is 27.8 Å². The Hall–Kier alpha value is -3.41. The van der Waals surface area contributed by atoms with Crippen LogP contribution in [0, 0.1) is 5.41 Å². The summed E-state index contributed by atoms with van der Waals surface area (Å²) in [6.07, 6.45) is -5.49. The van der Waals surface area contributed by atoms with Gasteiger partial charge in [-0.05, 0) is 61.0 Å². The van der Waals surface area contributed by atoms with E-state index in [-0.39, 0.29) is 28.0 Å². The van der Waals surface area contributed by atoms with Crippen molar-refractivity contribution in [2.75, 3.05) is 18.8 Å². The van der Waals surface area contributed by atoms with Gasteiger partial charge in [-0.25, -0.2) is 4.98 Å². The molecule has 12 heteroatoms. The maximum absolute atomic E-state index is 14.5. The first-order valence-corrected chi connectivity index (χ1v) is 12.9. The van der Waals surface area contributed by atoms with Gasteiger partial charge in [-0.3, -0.25) is 10.1 Å². The van der Waals surface area contributed by atoms with Crippen LogP contribution in [0.15, 0.2) is 54.6 Å². The number of carboxylic acid groups (broad SMARTS) is 1. The molecule has 0 bridgehead atoms. The summed E-state index contributed by atoms with van der Waals surface area (Å²) in [6.45, 7) is 1.37. The number of hydrogen-bond donors (Lipinski definition) is 4. The summed E-state index contributed by atoms with van der Waals surface area (Å²) < 4.78 is 49.0. The molecule has 39 heavy (non-hydrogen) atoms. The van der Waals surface area contributed by atoms with Gasteiger partial charge in [-0.1, -0.05) is 48.0 Å². The van der Waals surface area contributed by atoms with E-state index < -0.39 is 35.7 Å². The summed E-state index contributed by atoms with van der Waals surface area (Å²) in [4.78, 5) is 20.1. The third kappa shape index (κ3) is 5.66. The number of ether oxygens (including phenoxy) is 1. The van der Waals surface area contributed by atoms with E-state index in [1.807, 2.05) is 0 Å². The Kier molecular flexibility index (Phi) is 7.41. The molecule has 0 aliphatic carbocycles. The summed E-state index contributed by atoms with van der Waals surface area (Å²) in [5, 5.41) is 16.3. The molecule has 2 saturated heterocycles. The Bertz CT molecular complexity index is 1350. The van der Waals surface area contributed by atoms with Crippen molar-refractivity contribution in [2.45, 2.75) is 43.6 Å². The molecule has 3 heterocycles. The van der Waals surface area contributed by atoms with Crippen LogP contribution in [0.3, 0.4) is 0 Å². The number of halogens is 4. The van der Waals surface area contributed by atoms with E-state index in [9.17, 15) is 23.1 Å². The average Bonchev–Trinajstić information content (AvgIpc) is 3.26. The first kappa shape index (κ1) is 27.2. The van der Waals surface area contributed by atoms with Gasteiger partial charge < -0.3 is 20.9 Å². The van der Waals surface area contributed by atoms with Crippen molar-refractivity contribution in [1.29, 1.82) is 0 Å².